The van der Waals surface area contributed by atoms with Crippen molar-refractivity contribution < 1.29 is 4.74 Å². The fourth-order valence-electron chi connectivity index (χ4n) is 21.1. The average molecular weight is 1390 g/mol. The van der Waals surface area contributed by atoms with E-state index in [0.717, 1.165) is 62.3 Å². The van der Waals surface area contributed by atoms with Crippen molar-refractivity contribution >= 4 is 149 Å². The van der Waals surface area contributed by atoms with Crippen LogP contribution in [0.4, 0.5) is 79.6 Å². The van der Waals surface area contributed by atoms with Crippen molar-refractivity contribution in [1.82, 2.24) is 0 Å². The van der Waals surface area contributed by atoms with Crippen LogP contribution >= 0.6 is 0 Å². The molecule has 9 heteroatoms. The first kappa shape index (κ1) is 65.6. The summed E-state index contributed by atoms with van der Waals surface area (Å²) in [6.07, 6.45) is 0. The highest BCUT2D eigenvalue weighted by molar-refractivity contribution is 7.04. The van der Waals surface area contributed by atoms with Crippen LogP contribution in [0.5, 0.6) is 11.5 Å². The predicted octanol–water partition coefficient (Wildman–Crippen LogP) is 20.2. The Hall–Kier alpha value is -11.9. The van der Waals surface area contributed by atoms with Gasteiger partial charge in [0.1, 0.15) is 11.5 Å². The van der Waals surface area contributed by atoms with Crippen molar-refractivity contribution in [2.24, 2.45) is 0 Å². The van der Waals surface area contributed by atoms with Crippen LogP contribution in [0.3, 0.4) is 0 Å². The summed E-state index contributed by atoms with van der Waals surface area (Å²) in [4.78, 5) is 10.4. The summed E-state index contributed by atoms with van der Waals surface area (Å²) in [5, 5.41) is 4.33. The molecule has 0 saturated heterocycles. The molecule has 1 N–H and O–H groups in total. The van der Waals surface area contributed by atoms with Crippen molar-refractivity contribution in [2.75, 3.05) is 24.9 Å². The number of ether oxygens (including phenoxy) is 1. The molecule has 6 nitrogen and oxygen atoms in total. The lowest BCUT2D eigenvalue weighted by Gasteiger charge is -2.46. The van der Waals surface area contributed by atoms with E-state index in [1.165, 1.54) is 195 Å². The minimum Gasteiger partial charge on any atom is -0.458 e. The van der Waals surface area contributed by atoms with Gasteiger partial charge in [-0.15, -0.1) is 0 Å². The third-order valence-corrected chi connectivity index (χ3v) is 24.4. The monoisotopic (exact) mass is 1390 g/mol. The zero-order valence-electron chi connectivity index (χ0n) is 64.4. The zero-order valence-corrected chi connectivity index (χ0v) is 64.4. The second-order valence-corrected chi connectivity index (χ2v) is 32.2. The van der Waals surface area contributed by atoms with Gasteiger partial charge in [0.05, 0.1) is 11.4 Å². The number of rotatable bonds is 7. The van der Waals surface area contributed by atoms with E-state index >= 15 is 0 Å². The van der Waals surface area contributed by atoms with Crippen LogP contribution < -0.4 is 78.8 Å². The Kier molecular flexibility index (Phi) is 14.6. The van der Waals surface area contributed by atoms with Crippen LogP contribution in [0.1, 0.15) is 83.5 Å². The lowest BCUT2D eigenvalue weighted by Crippen LogP contribution is -2.65. The first-order valence-electron chi connectivity index (χ1n) is 38.5. The topological polar surface area (TPSA) is 34.2 Å². The van der Waals surface area contributed by atoms with E-state index in [4.69, 9.17) is 4.74 Å². The maximum atomic E-state index is 8.09. The van der Waals surface area contributed by atoms with Crippen molar-refractivity contribution in [2.45, 2.75) is 104 Å². The highest BCUT2D eigenvalue weighted by Crippen LogP contribution is 2.53. The molecule has 0 atom stereocenters. The third kappa shape index (κ3) is 9.69. The molecule has 0 bridgehead atoms. The van der Waals surface area contributed by atoms with Crippen LogP contribution in [-0.2, 0) is 0 Å². The second-order valence-electron chi connectivity index (χ2n) is 32.2. The van der Waals surface area contributed by atoms with Gasteiger partial charge in [-0.05, 0) is 321 Å². The second kappa shape index (κ2) is 24.0. The molecule has 0 spiro atoms. The zero-order chi connectivity index (χ0) is 73.9. The summed E-state index contributed by atoms with van der Waals surface area (Å²) in [5.41, 5.74) is 53.3. The van der Waals surface area contributed by atoms with E-state index < -0.39 is 0 Å². The van der Waals surface area contributed by atoms with Crippen LogP contribution in [0.15, 0.2) is 231 Å². The predicted molar refractivity (Wildman–Crippen MR) is 463 cm³/mol. The summed E-state index contributed by atoms with van der Waals surface area (Å²) >= 11 is 0. The molecule has 0 amide bonds. The molecule has 6 aliphatic rings. The molecule has 20 rings (SSSR count). The Morgan fingerprint density at radius 1 is 0.241 bits per heavy atom. The highest BCUT2D eigenvalue weighted by atomic mass is 16.5. The molecule has 0 fully saturated rings. The Morgan fingerprint density at radius 3 is 1.06 bits per heavy atom. The third-order valence-electron chi connectivity index (χ3n) is 24.4. The van der Waals surface area contributed by atoms with E-state index in [-0.39, 0.29) is 20.1 Å². The molecule has 0 aliphatic carbocycles. The Bertz CT molecular complexity index is 6200. The summed E-state index contributed by atoms with van der Waals surface area (Å²) < 4.78 is 8.09. The average Bonchev–Trinajstić information content (AvgIpc) is 0.685. The van der Waals surface area contributed by atoms with Gasteiger partial charge in [-0.1, -0.05) is 173 Å². The lowest BCUT2D eigenvalue weighted by atomic mass is 9.29. The largest absolute Gasteiger partial charge is 0.458 e. The van der Waals surface area contributed by atoms with Gasteiger partial charge in [-0.2, -0.15) is 0 Å². The van der Waals surface area contributed by atoms with Crippen molar-refractivity contribution in [3.63, 3.8) is 0 Å². The minimum absolute atomic E-state index is 0.134. The van der Waals surface area contributed by atoms with Gasteiger partial charge in [0.25, 0.3) is 20.1 Å². The van der Waals surface area contributed by atoms with E-state index in [2.05, 4.69) is 359 Å². The molecular weight excluding hydrogens is 1310 g/mol. The molecule has 6 aliphatic heterocycles. The Balaban J connectivity index is 0.906. The van der Waals surface area contributed by atoms with Gasteiger partial charge in [-0.3, -0.25) is 0 Å². The van der Waals surface area contributed by atoms with Crippen molar-refractivity contribution in [3.05, 3.63) is 314 Å². The number of hydrogen-bond donors (Lipinski definition) is 1. The maximum Gasteiger partial charge on any atom is 0.256 e. The highest BCUT2D eigenvalue weighted by Gasteiger charge is 2.51. The number of benzene rings is 14. The molecule has 0 radical (unpaired) electrons. The first-order valence-corrected chi connectivity index (χ1v) is 38.5. The molecular formula is C99H84B3N5O. The summed E-state index contributed by atoms with van der Waals surface area (Å²) in [6, 6.07) is 89.4. The fourth-order valence-corrected chi connectivity index (χ4v) is 21.1. The number of fused-ring (bicyclic) bond motifs is 12. The number of anilines is 14. The number of aryl methyl sites for hydroxylation is 15. The van der Waals surface area contributed by atoms with E-state index in [1.807, 2.05) is 0 Å². The van der Waals surface area contributed by atoms with Crippen LogP contribution in [0, 0.1) is 104 Å². The first-order chi connectivity index (χ1) is 52.2. The maximum absolute atomic E-state index is 8.09. The fraction of sp³-hybridized carbons (Fsp3) is 0.152. The van der Waals surface area contributed by atoms with Gasteiger partial charge in [0, 0.05) is 74.3 Å². The summed E-state index contributed by atoms with van der Waals surface area (Å²) in [7, 11) is 0. The van der Waals surface area contributed by atoms with Gasteiger partial charge in [-0.25, -0.2) is 0 Å². The molecule has 0 aromatic heterocycles. The summed E-state index contributed by atoms with van der Waals surface area (Å²) in [6.45, 7) is 33.5. The molecule has 108 heavy (non-hydrogen) atoms. The molecule has 6 heterocycles. The van der Waals surface area contributed by atoms with Crippen molar-refractivity contribution in [3.8, 4) is 44.9 Å². The number of hydrogen-bond acceptors (Lipinski definition) is 6. The van der Waals surface area contributed by atoms with E-state index in [9.17, 15) is 0 Å². The number of nitrogens with zero attached hydrogens (tertiary/aromatic N) is 4. The summed E-state index contributed by atoms with van der Waals surface area (Å²) in [5.74, 6) is 1.74. The molecule has 14 aromatic rings. The van der Waals surface area contributed by atoms with Crippen LogP contribution in [0.2, 0.25) is 0 Å². The smallest absolute Gasteiger partial charge is 0.256 e. The molecule has 520 valence electrons. The Morgan fingerprint density at radius 2 is 0.593 bits per heavy atom. The van der Waals surface area contributed by atoms with Gasteiger partial charge in [0.2, 0.25) is 0 Å². The van der Waals surface area contributed by atoms with E-state index in [0.29, 0.717) is 0 Å². The molecule has 0 saturated carbocycles. The molecule has 0 unspecified atom stereocenters. The number of para-hydroxylation sites is 4. The van der Waals surface area contributed by atoms with Crippen molar-refractivity contribution in [1.29, 1.82) is 0 Å². The molecule has 14 aromatic carbocycles. The van der Waals surface area contributed by atoms with Gasteiger partial charge >= 0.3 is 0 Å². The lowest BCUT2D eigenvalue weighted by molar-refractivity contribution is 0.488. The standard InChI is InChI=1S/C99H84B3N5O/c1-54-34-59(6)92(60(7)35-54)69-44-81-95-86(45-69)104(72-26-18-16-19-27-72)82-32-24-22-30-74(82)100(95)76-50-77-84(52-80(76)103-81)106(98-65(12)40-57(4)41-66(98)13)89-48-71(94-63(10)38-56(3)39-64(94)11)49-91-97(89)102(77)79-51-78-85(53-90(79)108-91)107(99-67(14)42-58(5)43-68(99)15)88-47-70(93-61(8)36-55(2)37-62(93)9)46-87-96(88)101(78)75-31-23-25-33-83(75)105(87)73-28-20-17-21-29-73/h16-53,103H,1-15H3. The quantitative estimate of drug-likeness (QED) is 0.160. The van der Waals surface area contributed by atoms with Crippen LogP contribution in [-0.4, -0.2) is 20.1 Å². The normalized spacial score (nSPS) is 13.5. The minimum atomic E-state index is -0.289. The van der Waals surface area contributed by atoms with Gasteiger partial charge < -0.3 is 29.7 Å². The van der Waals surface area contributed by atoms with Crippen LogP contribution in [0.25, 0.3) is 33.4 Å². The van der Waals surface area contributed by atoms with E-state index in [1.54, 1.807) is 0 Å². The van der Waals surface area contributed by atoms with Gasteiger partial charge in [0.15, 0.2) is 0 Å². The SMILES string of the molecule is Cc1cc(C)c(-c2cc3c4c(c2)N(c2ccccc2)c2ccccc2B4c2cc4c(cc2N3)N(c2c(C)cc(C)cc2C)c2cc(-c3c(C)cc(C)cc3C)cc3c2B4c2cc4c(cc2O3)N(c2c(C)cc(C)cc2C)c2cc(-c3c(C)cc(C)cc3C)cc3c2B4c2ccccc2N3c2ccccc2)c(C)c1. The Labute approximate surface area is 637 Å². The number of nitrogens with one attached hydrogen (secondary N) is 1.